The first-order chi connectivity index (χ1) is 17.4. The van der Waals surface area contributed by atoms with Crippen LogP contribution in [0, 0.1) is 12.7 Å². The first kappa shape index (κ1) is 23.5. The van der Waals surface area contributed by atoms with Crippen LogP contribution in [0.1, 0.15) is 25.7 Å². The van der Waals surface area contributed by atoms with E-state index in [0.29, 0.717) is 35.9 Å². The van der Waals surface area contributed by atoms with E-state index in [0.717, 1.165) is 17.5 Å². The zero-order chi connectivity index (χ0) is 25.4. The van der Waals surface area contributed by atoms with Gasteiger partial charge in [-0.05, 0) is 39.0 Å². The zero-order valence-corrected chi connectivity index (χ0v) is 20.3. The lowest BCUT2D eigenvalue weighted by atomic mass is 10.2. The number of amides is 1. The van der Waals surface area contributed by atoms with Crippen molar-refractivity contribution in [2.75, 3.05) is 37.1 Å². The van der Waals surface area contributed by atoms with Gasteiger partial charge in [0, 0.05) is 12.6 Å². The molecule has 0 aliphatic carbocycles. The molecule has 186 valence electrons. The molecule has 4 aromatic heterocycles. The number of aromatic nitrogens is 6. The van der Waals surface area contributed by atoms with Gasteiger partial charge in [-0.25, -0.2) is 29.3 Å². The summed E-state index contributed by atoms with van der Waals surface area (Å²) in [4.78, 5) is 35.4. The van der Waals surface area contributed by atoms with E-state index in [4.69, 9.17) is 9.47 Å². The van der Waals surface area contributed by atoms with Gasteiger partial charge in [0.1, 0.15) is 23.9 Å². The number of nitrogens with one attached hydrogen (secondary N) is 1. The van der Waals surface area contributed by atoms with Gasteiger partial charge in [0.05, 0.1) is 43.0 Å². The molecule has 12 heteroatoms. The molecule has 1 aliphatic heterocycles. The minimum atomic E-state index is -0.629. The molecule has 5 heterocycles. The fourth-order valence-electron chi connectivity index (χ4n) is 4.23. The van der Waals surface area contributed by atoms with E-state index < -0.39 is 5.82 Å². The van der Waals surface area contributed by atoms with Gasteiger partial charge in [-0.1, -0.05) is 0 Å². The molecule has 36 heavy (non-hydrogen) atoms. The predicted molar refractivity (Wildman–Crippen MR) is 131 cm³/mol. The van der Waals surface area contributed by atoms with Crippen LogP contribution in [0.25, 0.3) is 22.4 Å². The Balaban J connectivity index is 1.47. The van der Waals surface area contributed by atoms with Crippen LogP contribution in [0.15, 0.2) is 30.6 Å². The Kier molecular flexibility index (Phi) is 6.18. The van der Waals surface area contributed by atoms with Crippen molar-refractivity contribution in [1.82, 2.24) is 29.5 Å². The minimum Gasteiger partial charge on any atom is -0.479 e. The highest BCUT2D eigenvalue weighted by molar-refractivity contribution is 5.94. The van der Waals surface area contributed by atoms with Crippen LogP contribution in [0.5, 0.6) is 5.88 Å². The quantitative estimate of drug-likeness (QED) is 0.432. The van der Waals surface area contributed by atoms with Crippen LogP contribution >= 0.6 is 0 Å². The largest absolute Gasteiger partial charge is 0.479 e. The van der Waals surface area contributed by atoms with Crippen LogP contribution in [-0.2, 0) is 9.53 Å². The number of halogens is 1. The lowest BCUT2D eigenvalue weighted by molar-refractivity contribution is -0.125. The molecule has 0 bridgehead atoms. The Bertz CT molecular complexity index is 1440. The molecule has 1 N–H and O–H groups in total. The molecule has 1 saturated heterocycles. The fourth-order valence-corrected chi connectivity index (χ4v) is 4.23. The molecule has 0 spiro atoms. The van der Waals surface area contributed by atoms with Gasteiger partial charge < -0.3 is 24.3 Å². The van der Waals surface area contributed by atoms with Crippen molar-refractivity contribution in [2.24, 2.45) is 0 Å². The van der Waals surface area contributed by atoms with E-state index in [1.165, 1.54) is 7.11 Å². The Hall–Kier alpha value is -4.19. The molecule has 1 fully saturated rings. The topological polar surface area (TPSA) is 120 Å². The third-order valence-corrected chi connectivity index (χ3v) is 5.80. The summed E-state index contributed by atoms with van der Waals surface area (Å²) >= 11 is 0. The molecule has 4 aromatic rings. The van der Waals surface area contributed by atoms with Gasteiger partial charge in [0.2, 0.25) is 11.8 Å². The molecule has 0 atom stereocenters. The van der Waals surface area contributed by atoms with Crippen molar-refractivity contribution in [3.8, 4) is 17.3 Å². The Morgan fingerprint density at radius 1 is 1.17 bits per heavy atom. The minimum absolute atomic E-state index is 0.0115. The predicted octanol–water partition coefficient (Wildman–Crippen LogP) is 3.43. The monoisotopic (exact) mass is 492 g/mol. The summed E-state index contributed by atoms with van der Waals surface area (Å²) in [5.41, 5.74) is 2.34. The number of methoxy groups -OCH3 is 1. The lowest BCUT2D eigenvalue weighted by Crippen LogP contribution is -2.41. The molecule has 1 amide bonds. The average molecular weight is 493 g/mol. The number of hydrogen-bond donors (Lipinski definition) is 1. The average Bonchev–Trinajstić information content (AvgIpc) is 3.21. The summed E-state index contributed by atoms with van der Waals surface area (Å²) < 4.78 is 27.5. The molecular formula is C24H25FN8O3. The van der Waals surface area contributed by atoms with Crippen molar-refractivity contribution >= 4 is 34.4 Å². The van der Waals surface area contributed by atoms with Gasteiger partial charge in [-0.2, -0.15) is 0 Å². The van der Waals surface area contributed by atoms with E-state index in [9.17, 15) is 9.18 Å². The Morgan fingerprint density at radius 3 is 2.69 bits per heavy atom. The maximum absolute atomic E-state index is 14.9. The number of carbonyl (C=O) groups excluding carboxylic acids is 1. The number of nitrogens with zero attached hydrogens (tertiary/aromatic N) is 7. The number of anilines is 3. The smallest absolute Gasteiger partial charge is 0.253 e. The number of rotatable bonds is 6. The number of carbonyl (C=O) groups is 1. The van der Waals surface area contributed by atoms with Crippen LogP contribution in [-0.4, -0.2) is 62.3 Å². The number of hydrogen-bond acceptors (Lipinski definition) is 9. The first-order valence-corrected chi connectivity index (χ1v) is 11.4. The summed E-state index contributed by atoms with van der Waals surface area (Å²) in [6.45, 7) is 6.98. The third kappa shape index (κ3) is 4.31. The van der Waals surface area contributed by atoms with Gasteiger partial charge in [-0.3, -0.25) is 4.79 Å². The highest BCUT2D eigenvalue weighted by Crippen LogP contribution is 2.32. The molecule has 1 aliphatic rings. The van der Waals surface area contributed by atoms with Crippen LogP contribution < -0.4 is 15.0 Å². The SMILES string of the molecule is COc1nc(-c2nc(Nc3ccc(N4CCOCC4=O)cn3)ncc2F)cc2c1nc(C)n2C(C)C. The lowest BCUT2D eigenvalue weighted by Gasteiger charge is -2.26. The van der Waals surface area contributed by atoms with Gasteiger partial charge >= 0.3 is 0 Å². The van der Waals surface area contributed by atoms with E-state index in [-0.39, 0.29) is 36.1 Å². The Morgan fingerprint density at radius 2 is 2.00 bits per heavy atom. The van der Waals surface area contributed by atoms with Crippen LogP contribution in [0.4, 0.5) is 21.8 Å². The van der Waals surface area contributed by atoms with Crippen molar-refractivity contribution in [2.45, 2.75) is 26.8 Å². The van der Waals surface area contributed by atoms with Crippen molar-refractivity contribution in [3.63, 3.8) is 0 Å². The van der Waals surface area contributed by atoms with Gasteiger partial charge in [0.15, 0.2) is 11.3 Å². The molecule has 0 radical (unpaired) electrons. The first-order valence-electron chi connectivity index (χ1n) is 11.4. The van der Waals surface area contributed by atoms with E-state index in [2.05, 4.69) is 30.2 Å². The Labute approximate surface area is 206 Å². The summed E-state index contributed by atoms with van der Waals surface area (Å²) in [5.74, 6) is 0.915. The molecule has 0 unspecified atom stereocenters. The van der Waals surface area contributed by atoms with Crippen molar-refractivity contribution < 1.29 is 18.7 Å². The highest BCUT2D eigenvalue weighted by atomic mass is 19.1. The number of morpholine rings is 1. The molecule has 5 rings (SSSR count). The van der Waals surface area contributed by atoms with Crippen LogP contribution in [0.3, 0.4) is 0 Å². The van der Waals surface area contributed by atoms with Crippen LogP contribution in [0.2, 0.25) is 0 Å². The number of fused-ring (bicyclic) bond motifs is 1. The van der Waals surface area contributed by atoms with E-state index >= 15 is 0 Å². The van der Waals surface area contributed by atoms with Gasteiger partial charge in [-0.15, -0.1) is 0 Å². The van der Waals surface area contributed by atoms with Gasteiger partial charge in [0.25, 0.3) is 5.91 Å². The number of ether oxygens (including phenoxy) is 2. The third-order valence-electron chi connectivity index (χ3n) is 5.80. The summed E-state index contributed by atoms with van der Waals surface area (Å²) in [6, 6.07) is 5.34. The van der Waals surface area contributed by atoms with Crippen molar-refractivity contribution in [1.29, 1.82) is 0 Å². The second kappa shape index (κ2) is 9.46. The molecule has 0 aromatic carbocycles. The number of aryl methyl sites for hydroxylation is 1. The van der Waals surface area contributed by atoms with Crippen molar-refractivity contribution in [3.05, 3.63) is 42.2 Å². The normalized spacial score (nSPS) is 14.1. The summed E-state index contributed by atoms with van der Waals surface area (Å²) in [7, 11) is 1.50. The zero-order valence-electron chi connectivity index (χ0n) is 20.3. The summed E-state index contributed by atoms with van der Waals surface area (Å²) in [5, 5.41) is 2.98. The molecule has 0 saturated carbocycles. The molecular weight excluding hydrogens is 467 g/mol. The second-order valence-electron chi connectivity index (χ2n) is 8.52. The fraction of sp³-hybridized carbons (Fsp3) is 0.333. The number of imidazole rings is 1. The maximum atomic E-state index is 14.9. The van der Waals surface area contributed by atoms with E-state index in [1.807, 2.05) is 25.3 Å². The standard InChI is InChI=1S/C24H25FN8O3/c1-13(2)33-14(3)28-22-18(33)9-17(29-23(22)35-4)21-16(25)11-27-24(31-21)30-19-6-5-15(10-26-19)32-7-8-36-12-20(32)34/h5-6,9-11,13H,7-8,12H2,1-4H3,(H,26,27,30,31). The van der Waals surface area contributed by atoms with E-state index in [1.54, 1.807) is 29.3 Å². The number of pyridine rings is 2. The summed E-state index contributed by atoms with van der Waals surface area (Å²) in [6.07, 6.45) is 2.65. The highest BCUT2D eigenvalue weighted by Gasteiger charge is 2.22. The second-order valence-corrected chi connectivity index (χ2v) is 8.52. The molecule has 11 nitrogen and oxygen atoms in total. The maximum Gasteiger partial charge on any atom is 0.253 e.